The molecule has 0 unspecified atom stereocenters. The van der Waals surface area contributed by atoms with Gasteiger partial charge in [0, 0.05) is 0 Å². The highest BCUT2D eigenvalue weighted by Gasteiger charge is 2.69. The summed E-state index contributed by atoms with van der Waals surface area (Å²) in [6, 6.07) is -0.853. The van der Waals surface area contributed by atoms with Crippen LogP contribution in [-0.4, -0.2) is 34.2 Å². The molecule has 4 saturated carbocycles. The van der Waals surface area contributed by atoms with Crippen molar-refractivity contribution < 1.29 is 19.8 Å². The van der Waals surface area contributed by atoms with E-state index in [9.17, 15) is 19.8 Å². The van der Waals surface area contributed by atoms with Crippen molar-refractivity contribution in [2.45, 2.75) is 139 Å². The van der Waals surface area contributed by atoms with Crippen molar-refractivity contribution in [3.05, 3.63) is 11.6 Å². The van der Waals surface area contributed by atoms with Crippen LogP contribution in [0.2, 0.25) is 0 Å². The van der Waals surface area contributed by atoms with Crippen LogP contribution < -0.4 is 5.32 Å². The Morgan fingerprint density at radius 3 is 2.17 bits per heavy atom. The van der Waals surface area contributed by atoms with Crippen LogP contribution in [0, 0.1) is 56.2 Å². The van der Waals surface area contributed by atoms with E-state index in [4.69, 9.17) is 0 Å². The predicted octanol–water partition coefficient (Wildman–Crippen LogP) is 7.37. The molecule has 5 rings (SSSR count). The van der Waals surface area contributed by atoms with Crippen LogP contribution in [0.15, 0.2) is 11.6 Å². The third-order valence-electron chi connectivity index (χ3n) is 14.3. The summed E-state index contributed by atoms with van der Waals surface area (Å²) in [6.07, 6.45) is 12.4. The average molecular weight is 556 g/mol. The number of carboxylic acid groups (broad SMARTS) is 1. The van der Waals surface area contributed by atoms with Gasteiger partial charge in [0.1, 0.15) is 6.04 Å². The zero-order valence-corrected chi connectivity index (χ0v) is 26.8. The van der Waals surface area contributed by atoms with Crippen LogP contribution in [0.4, 0.5) is 0 Å². The first-order chi connectivity index (χ1) is 18.4. The molecule has 0 aromatic heterocycles. The first-order valence-electron chi connectivity index (χ1n) is 16.3. The fourth-order valence-electron chi connectivity index (χ4n) is 11.4. The molecule has 0 radical (unpaired) electrons. The Labute approximate surface area is 243 Å². The normalized spacial score (nSPS) is 46.1. The van der Waals surface area contributed by atoms with Gasteiger partial charge in [-0.05, 0) is 115 Å². The highest BCUT2D eigenvalue weighted by atomic mass is 16.4. The molecule has 0 bridgehead atoms. The van der Waals surface area contributed by atoms with Crippen molar-refractivity contribution in [3.8, 4) is 0 Å². The van der Waals surface area contributed by atoms with Gasteiger partial charge in [0.15, 0.2) is 0 Å². The van der Waals surface area contributed by atoms with Gasteiger partial charge in [-0.15, -0.1) is 0 Å². The summed E-state index contributed by atoms with van der Waals surface area (Å²) >= 11 is 0. The topological polar surface area (TPSA) is 86.6 Å². The van der Waals surface area contributed by atoms with Gasteiger partial charge in [-0.3, -0.25) is 4.79 Å². The average Bonchev–Trinajstić information content (AvgIpc) is 2.84. The summed E-state index contributed by atoms with van der Waals surface area (Å²) in [4.78, 5) is 26.3. The molecule has 0 aliphatic heterocycles. The van der Waals surface area contributed by atoms with E-state index in [1.54, 1.807) is 0 Å². The number of rotatable bonds is 4. The minimum absolute atomic E-state index is 0.0240. The van der Waals surface area contributed by atoms with Crippen LogP contribution >= 0.6 is 0 Å². The van der Waals surface area contributed by atoms with E-state index in [1.165, 1.54) is 12.0 Å². The third kappa shape index (κ3) is 4.02. The Kier molecular flexibility index (Phi) is 7.01. The molecule has 0 spiro atoms. The molecule has 5 heteroatoms. The molecule has 9 atom stereocenters. The summed E-state index contributed by atoms with van der Waals surface area (Å²) in [5.74, 6) is 0.118. The van der Waals surface area contributed by atoms with E-state index >= 15 is 0 Å². The summed E-state index contributed by atoms with van der Waals surface area (Å²) in [5, 5.41) is 23.9. The number of hydrogen-bond donors (Lipinski definition) is 3. The van der Waals surface area contributed by atoms with Crippen LogP contribution in [0.25, 0.3) is 0 Å². The second-order valence-corrected chi connectivity index (χ2v) is 17.3. The fraction of sp³-hybridized carbons (Fsp3) is 0.886. The highest BCUT2D eigenvalue weighted by Crippen LogP contribution is 2.75. The molecule has 40 heavy (non-hydrogen) atoms. The number of aliphatic carboxylic acids is 1. The lowest BCUT2D eigenvalue weighted by Crippen LogP contribution is -2.66. The minimum Gasteiger partial charge on any atom is -0.480 e. The lowest BCUT2D eigenvalue weighted by atomic mass is 9.33. The van der Waals surface area contributed by atoms with E-state index in [1.807, 2.05) is 13.8 Å². The molecule has 0 aromatic rings. The largest absolute Gasteiger partial charge is 0.480 e. The summed E-state index contributed by atoms with van der Waals surface area (Å²) in [5.41, 5.74) is 1.44. The van der Waals surface area contributed by atoms with E-state index < -0.39 is 17.4 Å². The van der Waals surface area contributed by atoms with Gasteiger partial charge >= 0.3 is 5.97 Å². The van der Waals surface area contributed by atoms with Gasteiger partial charge in [0.05, 0.1) is 11.5 Å². The Morgan fingerprint density at radius 2 is 1.55 bits per heavy atom. The summed E-state index contributed by atoms with van der Waals surface area (Å²) in [7, 11) is 0. The molecular weight excluding hydrogens is 498 g/mol. The minimum atomic E-state index is -0.939. The number of carboxylic acids is 1. The van der Waals surface area contributed by atoms with E-state index in [0.717, 1.165) is 57.8 Å². The maximum Gasteiger partial charge on any atom is 0.326 e. The smallest absolute Gasteiger partial charge is 0.326 e. The second-order valence-electron chi connectivity index (χ2n) is 17.3. The van der Waals surface area contributed by atoms with E-state index in [-0.39, 0.29) is 50.9 Å². The Hall–Kier alpha value is -1.36. The van der Waals surface area contributed by atoms with Crippen molar-refractivity contribution in [1.29, 1.82) is 0 Å². The molecule has 0 saturated heterocycles. The van der Waals surface area contributed by atoms with E-state index in [2.05, 4.69) is 59.9 Å². The van der Waals surface area contributed by atoms with Crippen molar-refractivity contribution in [1.82, 2.24) is 5.32 Å². The van der Waals surface area contributed by atoms with Crippen molar-refractivity contribution in [2.24, 2.45) is 56.2 Å². The monoisotopic (exact) mass is 555 g/mol. The van der Waals surface area contributed by atoms with Gasteiger partial charge in [-0.2, -0.15) is 0 Å². The first-order valence-corrected chi connectivity index (χ1v) is 16.3. The molecule has 5 aliphatic carbocycles. The second kappa shape index (κ2) is 9.32. The van der Waals surface area contributed by atoms with Crippen molar-refractivity contribution >= 4 is 11.9 Å². The highest BCUT2D eigenvalue weighted by molar-refractivity contribution is 5.88. The van der Waals surface area contributed by atoms with Crippen LogP contribution in [-0.2, 0) is 9.59 Å². The number of amides is 1. The quantitative estimate of drug-likeness (QED) is 0.316. The number of allylic oxidation sites excluding steroid dienone is 2. The SMILES string of the molecule is CC(C)[C@H](NC(=O)[C@]12CCC(C)(C)C[C@H]1C1=CC[C@@H]3[C@@]4(C)CC[C@H](O)C(C)(C)[C@@H]4CC[C@@]3(C)[C@]1(C)CC2)C(=O)O. The number of carbonyl (C=O) groups is 2. The Bertz CT molecular complexity index is 1090. The third-order valence-corrected chi connectivity index (χ3v) is 14.3. The van der Waals surface area contributed by atoms with Crippen LogP contribution in [0.3, 0.4) is 0 Å². The molecule has 3 N–H and O–H groups in total. The Balaban J connectivity index is 1.56. The molecule has 5 nitrogen and oxygen atoms in total. The summed E-state index contributed by atoms with van der Waals surface area (Å²) in [6.45, 7) is 20.7. The van der Waals surface area contributed by atoms with Crippen molar-refractivity contribution in [3.63, 3.8) is 0 Å². The number of carbonyl (C=O) groups excluding carboxylic acids is 1. The molecule has 226 valence electrons. The zero-order valence-electron chi connectivity index (χ0n) is 26.8. The summed E-state index contributed by atoms with van der Waals surface area (Å²) < 4.78 is 0. The molecule has 0 aromatic carbocycles. The molecular formula is C35H57NO4. The zero-order chi connectivity index (χ0) is 29.7. The lowest BCUT2D eigenvalue weighted by molar-refractivity contribution is -0.203. The number of nitrogens with one attached hydrogen (secondary N) is 1. The Morgan fingerprint density at radius 1 is 0.900 bits per heavy atom. The van der Waals surface area contributed by atoms with Gasteiger partial charge in [0.25, 0.3) is 0 Å². The fourth-order valence-corrected chi connectivity index (χ4v) is 11.4. The number of fused-ring (bicyclic) bond motifs is 7. The van der Waals surface area contributed by atoms with E-state index in [0.29, 0.717) is 11.8 Å². The lowest BCUT2D eigenvalue weighted by Gasteiger charge is -2.71. The maximum absolute atomic E-state index is 14.2. The van der Waals surface area contributed by atoms with Crippen molar-refractivity contribution in [2.75, 3.05) is 0 Å². The first kappa shape index (κ1) is 30.1. The van der Waals surface area contributed by atoms with Crippen LogP contribution in [0.1, 0.15) is 127 Å². The van der Waals surface area contributed by atoms with Crippen LogP contribution in [0.5, 0.6) is 0 Å². The standard InChI is InChI=1S/C35H57NO4/c1-21(2)27(28(38)39)36-29(40)35-18-16-30(3,4)20-23(35)22-10-11-25-32(7)14-13-26(37)31(5,6)24(32)12-15-34(25,9)33(22,8)17-19-35/h10,21,23-27,37H,11-20H2,1-9H3,(H,36,40)(H,38,39)/t23-,24-,25+,26-,27-,32-,33+,34+,35-/m0/s1. The number of hydrogen-bond acceptors (Lipinski definition) is 3. The molecule has 4 fully saturated rings. The maximum atomic E-state index is 14.2. The predicted molar refractivity (Wildman–Crippen MR) is 159 cm³/mol. The number of aliphatic hydroxyl groups excluding tert-OH is 1. The van der Waals surface area contributed by atoms with Gasteiger partial charge < -0.3 is 15.5 Å². The van der Waals surface area contributed by atoms with Gasteiger partial charge in [-0.25, -0.2) is 4.79 Å². The molecule has 0 heterocycles. The van der Waals surface area contributed by atoms with Gasteiger partial charge in [0.2, 0.25) is 5.91 Å². The molecule has 1 amide bonds. The number of aliphatic hydroxyl groups is 1. The molecule has 5 aliphatic rings. The van der Waals surface area contributed by atoms with Gasteiger partial charge in [-0.1, -0.05) is 74.0 Å².